The molecule has 1 aromatic rings. The smallest absolute Gasteiger partial charge is 0.308 e. The van der Waals surface area contributed by atoms with Gasteiger partial charge in [-0.1, -0.05) is 0 Å². The molecular weight excluding hydrogens is 238 g/mol. The summed E-state index contributed by atoms with van der Waals surface area (Å²) in [5, 5.41) is 6.09. The zero-order valence-corrected chi connectivity index (χ0v) is 10.0. The SMILES string of the molecule is COC(=O)C1CCN(C(=O)c2nc(N)n[nH]2)CC1. The molecule has 0 bridgehead atoms. The number of hydrogen-bond acceptors (Lipinski definition) is 6. The van der Waals surface area contributed by atoms with Gasteiger partial charge in [0.2, 0.25) is 11.8 Å². The zero-order chi connectivity index (χ0) is 13.1. The van der Waals surface area contributed by atoms with E-state index < -0.39 is 0 Å². The van der Waals surface area contributed by atoms with Crippen LogP contribution in [0.25, 0.3) is 0 Å². The molecule has 0 aromatic carbocycles. The first-order valence-electron chi connectivity index (χ1n) is 5.66. The molecule has 0 saturated carbocycles. The summed E-state index contributed by atoms with van der Waals surface area (Å²) >= 11 is 0. The lowest BCUT2D eigenvalue weighted by molar-refractivity contribution is -0.146. The summed E-state index contributed by atoms with van der Waals surface area (Å²) in [7, 11) is 1.37. The largest absolute Gasteiger partial charge is 0.469 e. The minimum absolute atomic E-state index is 0.0443. The lowest BCUT2D eigenvalue weighted by Gasteiger charge is -2.29. The van der Waals surface area contributed by atoms with E-state index >= 15 is 0 Å². The number of carbonyl (C=O) groups is 2. The summed E-state index contributed by atoms with van der Waals surface area (Å²) in [5.74, 6) is -0.417. The van der Waals surface area contributed by atoms with Crippen LogP contribution in [0.15, 0.2) is 0 Å². The van der Waals surface area contributed by atoms with Crippen LogP contribution < -0.4 is 5.73 Å². The first kappa shape index (κ1) is 12.3. The third kappa shape index (κ3) is 2.41. The number of piperidine rings is 1. The summed E-state index contributed by atoms with van der Waals surface area (Å²) in [6.45, 7) is 0.998. The van der Waals surface area contributed by atoms with Crippen LogP contribution in [0.4, 0.5) is 5.95 Å². The molecule has 0 aliphatic carbocycles. The summed E-state index contributed by atoms with van der Waals surface area (Å²) < 4.78 is 4.69. The minimum Gasteiger partial charge on any atom is -0.469 e. The quantitative estimate of drug-likeness (QED) is 0.681. The number of aromatic amines is 1. The normalized spacial score (nSPS) is 16.6. The fourth-order valence-corrected chi connectivity index (χ4v) is 2.01. The molecule has 2 rings (SSSR count). The van der Waals surface area contributed by atoms with Crippen LogP contribution >= 0.6 is 0 Å². The Morgan fingerprint density at radius 2 is 2.11 bits per heavy atom. The lowest BCUT2D eigenvalue weighted by atomic mass is 9.97. The standard InChI is InChI=1S/C10H15N5O3/c1-18-9(17)6-2-4-15(5-3-6)8(16)7-12-10(11)14-13-7/h6H,2-5H2,1H3,(H3,11,12,13,14). The van der Waals surface area contributed by atoms with Gasteiger partial charge in [0.1, 0.15) is 0 Å². The topological polar surface area (TPSA) is 114 Å². The van der Waals surface area contributed by atoms with Gasteiger partial charge in [-0.05, 0) is 12.8 Å². The van der Waals surface area contributed by atoms with Crippen molar-refractivity contribution in [1.82, 2.24) is 20.1 Å². The number of amides is 1. The molecule has 8 nitrogen and oxygen atoms in total. The van der Waals surface area contributed by atoms with Crippen LogP contribution in [0, 0.1) is 5.92 Å². The molecule has 8 heteroatoms. The molecule has 0 radical (unpaired) electrons. The second-order valence-electron chi connectivity index (χ2n) is 4.13. The molecule has 1 aromatic heterocycles. The van der Waals surface area contributed by atoms with Gasteiger partial charge in [0.15, 0.2) is 0 Å². The van der Waals surface area contributed by atoms with E-state index in [1.54, 1.807) is 4.90 Å². The molecule has 1 aliphatic rings. The van der Waals surface area contributed by atoms with Crippen molar-refractivity contribution in [2.75, 3.05) is 25.9 Å². The second kappa shape index (κ2) is 5.03. The summed E-state index contributed by atoms with van der Waals surface area (Å²) in [5.41, 5.74) is 5.34. The Kier molecular flexibility index (Phi) is 3.45. The molecule has 1 fully saturated rings. The minimum atomic E-state index is -0.248. The number of methoxy groups -OCH3 is 1. The number of carbonyl (C=O) groups excluding carboxylic acids is 2. The predicted molar refractivity (Wildman–Crippen MR) is 61.4 cm³/mol. The van der Waals surface area contributed by atoms with E-state index in [-0.39, 0.29) is 29.6 Å². The number of aromatic nitrogens is 3. The van der Waals surface area contributed by atoms with Gasteiger partial charge < -0.3 is 15.4 Å². The molecule has 0 spiro atoms. The number of hydrogen-bond donors (Lipinski definition) is 2. The first-order chi connectivity index (χ1) is 8.61. The van der Waals surface area contributed by atoms with Crippen LogP contribution in [-0.2, 0) is 9.53 Å². The average Bonchev–Trinajstić information content (AvgIpc) is 2.84. The van der Waals surface area contributed by atoms with Crippen molar-refractivity contribution in [2.24, 2.45) is 5.92 Å². The van der Waals surface area contributed by atoms with E-state index in [1.165, 1.54) is 7.11 Å². The van der Waals surface area contributed by atoms with Crippen LogP contribution in [0.1, 0.15) is 23.5 Å². The highest BCUT2D eigenvalue weighted by Gasteiger charge is 2.29. The van der Waals surface area contributed by atoms with Gasteiger partial charge in [-0.15, -0.1) is 5.10 Å². The number of ether oxygens (including phenoxy) is 1. The van der Waals surface area contributed by atoms with Crippen LogP contribution in [0.5, 0.6) is 0 Å². The summed E-state index contributed by atoms with van der Waals surface area (Å²) in [6, 6.07) is 0. The van der Waals surface area contributed by atoms with Crippen LogP contribution in [0.3, 0.4) is 0 Å². The zero-order valence-electron chi connectivity index (χ0n) is 10.0. The van der Waals surface area contributed by atoms with E-state index in [4.69, 9.17) is 5.73 Å². The predicted octanol–water partition coefficient (Wildman–Crippen LogP) is -0.588. The Morgan fingerprint density at radius 1 is 1.44 bits per heavy atom. The molecule has 3 N–H and O–H groups in total. The Labute approximate surface area is 103 Å². The van der Waals surface area contributed by atoms with Crippen LogP contribution in [0.2, 0.25) is 0 Å². The third-order valence-corrected chi connectivity index (χ3v) is 3.02. The van der Waals surface area contributed by atoms with Gasteiger partial charge in [-0.3, -0.25) is 14.7 Å². The van der Waals surface area contributed by atoms with Gasteiger partial charge in [0.25, 0.3) is 5.91 Å². The van der Waals surface area contributed by atoms with Gasteiger partial charge >= 0.3 is 5.97 Å². The van der Waals surface area contributed by atoms with E-state index in [0.717, 1.165) is 0 Å². The van der Waals surface area contributed by atoms with E-state index in [2.05, 4.69) is 19.9 Å². The van der Waals surface area contributed by atoms with Gasteiger partial charge in [0, 0.05) is 13.1 Å². The summed E-state index contributed by atoms with van der Waals surface area (Å²) in [6.07, 6.45) is 1.20. The van der Waals surface area contributed by atoms with E-state index in [9.17, 15) is 9.59 Å². The Bertz CT molecular complexity index is 450. The van der Waals surface area contributed by atoms with Crippen molar-refractivity contribution in [3.63, 3.8) is 0 Å². The maximum absolute atomic E-state index is 12.0. The maximum Gasteiger partial charge on any atom is 0.308 e. The maximum atomic E-state index is 12.0. The monoisotopic (exact) mass is 253 g/mol. The number of esters is 1. The molecule has 98 valence electrons. The number of rotatable bonds is 2. The third-order valence-electron chi connectivity index (χ3n) is 3.02. The van der Waals surface area contributed by atoms with E-state index in [1.807, 2.05) is 0 Å². The summed E-state index contributed by atoms with van der Waals surface area (Å²) in [4.78, 5) is 28.7. The van der Waals surface area contributed by atoms with Crippen LogP contribution in [-0.4, -0.2) is 52.2 Å². The molecule has 0 unspecified atom stereocenters. The van der Waals surface area contributed by atoms with Crippen molar-refractivity contribution >= 4 is 17.8 Å². The number of nitrogens with zero attached hydrogens (tertiary/aromatic N) is 3. The Morgan fingerprint density at radius 3 is 2.61 bits per heavy atom. The molecular formula is C10H15N5O3. The van der Waals surface area contributed by atoms with Crippen molar-refractivity contribution in [3.8, 4) is 0 Å². The first-order valence-corrected chi connectivity index (χ1v) is 5.66. The number of nitrogens with one attached hydrogen (secondary N) is 1. The molecule has 1 saturated heterocycles. The number of nitrogen functional groups attached to an aromatic ring is 1. The highest BCUT2D eigenvalue weighted by atomic mass is 16.5. The number of likely N-dealkylation sites (tertiary alicyclic amines) is 1. The number of nitrogens with two attached hydrogens (primary N) is 1. The second-order valence-corrected chi connectivity index (χ2v) is 4.13. The highest BCUT2D eigenvalue weighted by molar-refractivity contribution is 5.90. The number of H-pyrrole nitrogens is 1. The molecule has 2 heterocycles. The molecule has 1 amide bonds. The number of anilines is 1. The fraction of sp³-hybridized carbons (Fsp3) is 0.600. The fourth-order valence-electron chi connectivity index (χ4n) is 2.01. The average molecular weight is 253 g/mol. The molecule has 18 heavy (non-hydrogen) atoms. The highest BCUT2D eigenvalue weighted by Crippen LogP contribution is 2.19. The van der Waals surface area contributed by atoms with Crippen molar-refractivity contribution < 1.29 is 14.3 Å². The van der Waals surface area contributed by atoms with Crippen molar-refractivity contribution in [3.05, 3.63) is 5.82 Å². The molecule has 0 atom stereocenters. The van der Waals surface area contributed by atoms with Crippen molar-refractivity contribution in [1.29, 1.82) is 0 Å². The molecule has 1 aliphatic heterocycles. The lowest BCUT2D eigenvalue weighted by Crippen LogP contribution is -2.40. The Hall–Kier alpha value is -2.12. The Balaban J connectivity index is 1.94. The van der Waals surface area contributed by atoms with Crippen molar-refractivity contribution in [2.45, 2.75) is 12.8 Å². The van der Waals surface area contributed by atoms with Gasteiger partial charge in [0.05, 0.1) is 13.0 Å². The van der Waals surface area contributed by atoms with Gasteiger partial charge in [-0.25, -0.2) is 0 Å². The van der Waals surface area contributed by atoms with Gasteiger partial charge in [-0.2, -0.15) is 4.98 Å². The van der Waals surface area contributed by atoms with E-state index in [0.29, 0.717) is 25.9 Å².